The van der Waals surface area contributed by atoms with E-state index in [0.29, 0.717) is 0 Å². The van der Waals surface area contributed by atoms with Gasteiger partial charge in [-0.3, -0.25) is 0 Å². The maximum Gasteiger partial charge on any atom is 0.0955 e. The van der Waals surface area contributed by atoms with E-state index in [4.69, 9.17) is 10.5 Å². The molecule has 0 rings (SSSR count). The Labute approximate surface area is 61.6 Å². The Morgan fingerprint density at radius 2 is 2.40 bits per heavy atom. The van der Waals surface area contributed by atoms with Gasteiger partial charge in [-0.25, -0.2) is 0 Å². The van der Waals surface area contributed by atoms with Gasteiger partial charge in [0.15, 0.2) is 0 Å². The first-order chi connectivity index (χ1) is 4.76. The third-order valence-electron chi connectivity index (χ3n) is 1.24. The first kappa shape index (κ1) is 9.04. The van der Waals surface area contributed by atoms with Gasteiger partial charge in [-0.2, -0.15) is 0 Å². The van der Waals surface area contributed by atoms with Crippen LogP contribution in [0.1, 0.15) is 6.92 Å². The lowest BCUT2D eigenvalue weighted by molar-refractivity contribution is 0.142. The van der Waals surface area contributed by atoms with Gasteiger partial charge >= 0.3 is 0 Å². The van der Waals surface area contributed by atoms with Crippen LogP contribution in [0.15, 0.2) is 24.7 Å². The minimum Gasteiger partial charge on any atom is -0.403 e. The van der Waals surface area contributed by atoms with Crippen LogP contribution in [0, 0.1) is 0 Å². The van der Waals surface area contributed by atoms with E-state index < -0.39 is 0 Å². The zero-order chi connectivity index (χ0) is 7.98. The summed E-state index contributed by atoms with van der Waals surface area (Å²) in [5, 5.41) is 2.86. The molecular formula is C7H14N2O. The molecule has 0 amide bonds. The molecule has 3 heteroatoms. The summed E-state index contributed by atoms with van der Waals surface area (Å²) in [6.45, 7) is 5.40. The molecule has 0 aliphatic heterocycles. The van der Waals surface area contributed by atoms with Gasteiger partial charge in [-0.1, -0.05) is 6.58 Å². The van der Waals surface area contributed by atoms with Crippen molar-refractivity contribution in [2.24, 2.45) is 5.73 Å². The van der Waals surface area contributed by atoms with Gasteiger partial charge < -0.3 is 15.8 Å². The maximum atomic E-state index is 5.28. The molecule has 0 spiro atoms. The first-order valence-corrected chi connectivity index (χ1v) is 3.08. The second-order valence-corrected chi connectivity index (χ2v) is 1.85. The summed E-state index contributed by atoms with van der Waals surface area (Å²) >= 11 is 0. The lowest BCUT2D eigenvalue weighted by Crippen LogP contribution is -2.20. The van der Waals surface area contributed by atoms with Crippen LogP contribution in [0.25, 0.3) is 0 Å². The number of nitrogens with one attached hydrogen (secondary N) is 1. The molecule has 0 aromatic carbocycles. The van der Waals surface area contributed by atoms with Gasteiger partial charge in [-0.15, -0.1) is 0 Å². The highest BCUT2D eigenvalue weighted by atomic mass is 16.5. The average Bonchev–Trinajstić information content (AvgIpc) is 1.99. The molecule has 10 heavy (non-hydrogen) atoms. The Hall–Kier alpha value is -0.960. The predicted octanol–water partition coefficient (Wildman–Crippen LogP) is 0.554. The van der Waals surface area contributed by atoms with E-state index in [2.05, 4.69) is 11.9 Å². The Balaban J connectivity index is 3.93. The van der Waals surface area contributed by atoms with Crippen LogP contribution in [0.3, 0.4) is 0 Å². The molecule has 0 unspecified atom stereocenters. The lowest BCUT2D eigenvalue weighted by Gasteiger charge is -2.12. The van der Waals surface area contributed by atoms with Crippen molar-refractivity contribution >= 4 is 0 Å². The molecular weight excluding hydrogens is 128 g/mol. The molecule has 3 nitrogen and oxygen atoms in total. The van der Waals surface area contributed by atoms with Crippen molar-refractivity contribution in [2.75, 3.05) is 7.11 Å². The fraction of sp³-hybridized carbons (Fsp3) is 0.429. The Kier molecular flexibility index (Phi) is 4.41. The monoisotopic (exact) mass is 142 g/mol. The summed E-state index contributed by atoms with van der Waals surface area (Å²) in [4.78, 5) is 0. The Morgan fingerprint density at radius 3 is 2.70 bits per heavy atom. The van der Waals surface area contributed by atoms with Crippen LogP contribution >= 0.6 is 0 Å². The van der Waals surface area contributed by atoms with Crippen LogP contribution in [-0.2, 0) is 4.74 Å². The van der Waals surface area contributed by atoms with E-state index in [1.165, 1.54) is 6.20 Å². The largest absolute Gasteiger partial charge is 0.403 e. The molecule has 3 N–H and O–H groups in total. The highest BCUT2D eigenvalue weighted by molar-refractivity contribution is 5.05. The fourth-order valence-corrected chi connectivity index (χ4v) is 0.546. The number of nitrogens with two attached hydrogens (primary N) is 1. The van der Waals surface area contributed by atoms with Crippen molar-refractivity contribution in [3.8, 4) is 0 Å². The number of hydrogen-bond acceptors (Lipinski definition) is 3. The van der Waals surface area contributed by atoms with E-state index in [9.17, 15) is 0 Å². The number of methoxy groups -OCH3 is 1. The van der Waals surface area contributed by atoms with Gasteiger partial charge in [0.1, 0.15) is 0 Å². The lowest BCUT2D eigenvalue weighted by atomic mass is 10.3. The summed E-state index contributed by atoms with van der Waals surface area (Å²) < 4.78 is 5.00. The summed E-state index contributed by atoms with van der Waals surface area (Å²) in [5.74, 6) is 0. The minimum absolute atomic E-state index is 0.0111. The fourth-order valence-electron chi connectivity index (χ4n) is 0.546. The van der Waals surface area contributed by atoms with Crippen molar-refractivity contribution in [3.05, 3.63) is 24.7 Å². The third-order valence-corrected chi connectivity index (χ3v) is 1.24. The van der Waals surface area contributed by atoms with Gasteiger partial charge in [-0.05, 0) is 13.1 Å². The van der Waals surface area contributed by atoms with E-state index in [-0.39, 0.29) is 6.10 Å². The standard InChI is InChI=1S/C7H14N2O/c1-4-9-7(5-8)6(2)10-3/h4-6,9H,1,8H2,2-3H3/b7-5-/t6-/m0/s1. The quantitative estimate of drug-likeness (QED) is 0.602. The van der Waals surface area contributed by atoms with E-state index in [0.717, 1.165) is 5.70 Å². The minimum atomic E-state index is -0.0111. The number of ether oxygens (including phenoxy) is 1. The van der Waals surface area contributed by atoms with Crippen molar-refractivity contribution < 1.29 is 4.74 Å². The molecule has 0 saturated carbocycles. The second kappa shape index (κ2) is 4.88. The molecule has 0 saturated heterocycles. The summed E-state index contributed by atoms with van der Waals surface area (Å²) in [5.41, 5.74) is 6.10. The normalized spacial score (nSPS) is 14.4. The van der Waals surface area contributed by atoms with Gasteiger partial charge in [0, 0.05) is 13.3 Å². The maximum absolute atomic E-state index is 5.28. The van der Waals surface area contributed by atoms with Crippen LogP contribution in [0.4, 0.5) is 0 Å². The second-order valence-electron chi connectivity index (χ2n) is 1.85. The molecule has 0 radical (unpaired) electrons. The molecule has 0 aliphatic carbocycles. The van der Waals surface area contributed by atoms with E-state index >= 15 is 0 Å². The summed E-state index contributed by atoms with van der Waals surface area (Å²) in [7, 11) is 1.62. The molecule has 0 bridgehead atoms. The average molecular weight is 142 g/mol. The Bertz CT molecular complexity index is 132. The SMILES string of the molecule is C=CN/C(=C\N)[C@H](C)OC. The highest BCUT2D eigenvalue weighted by Crippen LogP contribution is 1.98. The molecule has 0 aliphatic rings. The van der Waals surface area contributed by atoms with Gasteiger partial charge in [0.25, 0.3) is 0 Å². The van der Waals surface area contributed by atoms with Crippen LogP contribution in [-0.4, -0.2) is 13.2 Å². The summed E-state index contributed by atoms with van der Waals surface area (Å²) in [6, 6.07) is 0. The first-order valence-electron chi connectivity index (χ1n) is 3.08. The molecule has 1 atom stereocenters. The molecule has 0 heterocycles. The van der Waals surface area contributed by atoms with E-state index in [1.807, 2.05) is 6.92 Å². The van der Waals surface area contributed by atoms with Crippen molar-refractivity contribution in [1.82, 2.24) is 5.32 Å². The molecule has 58 valence electrons. The zero-order valence-electron chi connectivity index (χ0n) is 6.42. The zero-order valence-corrected chi connectivity index (χ0v) is 6.42. The van der Waals surface area contributed by atoms with Crippen LogP contribution < -0.4 is 11.1 Å². The molecule has 0 fully saturated rings. The predicted molar refractivity (Wildman–Crippen MR) is 42.1 cm³/mol. The molecule has 0 aromatic heterocycles. The van der Waals surface area contributed by atoms with Crippen molar-refractivity contribution in [2.45, 2.75) is 13.0 Å². The number of hydrogen-bond donors (Lipinski definition) is 2. The third kappa shape index (κ3) is 2.55. The smallest absolute Gasteiger partial charge is 0.0955 e. The van der Waals surface area contributed by atoms with Crippen LogP contribution in [0.5, 0.6) is 0 Å². The topological polar surface area (TPSA) is 47.3 Å². The molecule has 0 aromatic rings. The van der Waals surface area contributed by atoms with E-state index in [1.54, 1.807) is 13.3 Å². The Morgan fingerprint density at radius 1 is 1.80 bits per heavy atom. The highest BCUT2D eigenvalue weighted by Gasteiger charge is 2.02. The van der Waals surface area contributed by atoms with Gasteiger partial charge in [0.05, 0.1) is 11.8 Å². The van der Waals surface area contributed by atoms with Crippen LogP contribution in [0.2, 0.25) is 0 Å². The van der Waals surface area contributed by atoms with Gasteiger partial charge in [0.2, 0.25) is 0 Å². The van der Waals surface area contributed by atoms with Crippen molar-refractivity contribution in [3.63, 3.8) is 0 Å². The summed E-state index contributed by atoms with van der Waals surface area (Å²) in [6.07, 6.45) is 3.02. The number of rotatable bonds is 4. The van der Waals surface area contributed by atoms with Crippen molar-refractivity contribution in [1.29, 1.82) is 0 Å².